The number of nitrogens with one attached hydrogen (secondary N) is 2. The fourth-order valence-electron chi connectivity index (χ4n) is 3.28. The zero-order valence-corrected chi connectivity index (χ0v) is 14.0. The normalized spacial score (nSPS) is 12.2. The second-order valence-electron chi connectivity index (χ2n) is 6.12. The number of ether oxygens (including phenoxy) is 1. The highest BCUT2D eigenvalue weighted by Gasteiger charge is 2.25. The van der Waals surface area contributed by atoms with E-state index in [0.717, 1.165) is 41.0 Å². The molecule has 1 aliphatic carbocycles. The van der Waals surface area contributed by atoms with E-state index >= 15 is 0 Å². The van der Waals surface area contributed by atoms with Crippen molar-refractivity contribution in [3.8, 4) is 17.0 Å². The molecule has 0 aliphatic heterocycles. The van der Waals surface area contributed by atoms with Crippen LogP contribution in [0.4, 0.5) is 0 Å². The first-order valence-electron chi connectivity index (χ1n) is 8.33. The van der Waals surface area contributed by atoms with E-state index in [1.165, 1.54) is 5.56 Å². The smallest absolute Gasteiger partial charge is 0.269 e. The fraction of sp³-hybridized carbons (Fsp3) is 0.200. The lowest BCUT2D eigenvalue weighted by Crippen LogP contribution is -2.24. The van der Waals surface area contributed by atoms with E-state index in [4.69, 9.17) is 4.74 Å². The molecular weight excluding hydrogens is 314 g/mol. The summed E-state index contributed by atoms with van der Waals surface area (Å²) in [4.78, 5) is 12.6. The third-order valence-electron chi connectivity index (χ3n) is 4.60. The minimum absolute atomic E-state index is 0.116. The molecule has 0 spiro atoms. The van der Waals surface area contributed by atoms with Crippen LogP contribution in [0.25, 0.3) is 11.3 Å². The summed E-state index contributed by atoms with van der Waals surface area (Å²) in [5, 5.41) is 10.3. The lowest BCUT2D eigenvalue weighted by molar-refractivity contribution is 0.0945. The van der Waals surface area contributed by atoms with Crippen LogP contribution in [-0.4, -0.2) is 23.2 Å². The average Bonchev–Trinajstić information content (AvgIpc) is 3.11. The zero-order valence-electron chi connectivity index (χ0n) is 14.0. The van der Waals surface area contributed by atoms with Gasteiger partial charge in [-0.1, -0.05) is 30.3 Å². The van der Waals surface area contributed by atoms with Crippen LogP contribution in [0, 0.1) is 0 Å². The van der Waals surface area contributed by atoms with Gasteiger partial charge >= 0.3 is 0 Å². The number of methoxy groups -OCH3 is 1. The van der Waals surface area contributed by atoms with Crippen LogP contribution in [-0.2, 0) is 19.4 Å². The number of nitrogens with zero attached hydrogens (tertiary/aromatic N) is 1. The molecule has 0 saturated heterocycles. The molecule has 1 amide bonds. The number of fused-ring (bicyclic) bond motifs is 3. The number of rotatable bonds is 4. The second kappa shape index (κ2) is 6.43. The van der Waals surface area contributed by atoms with Gasteiger partial charge in [0.05, 0.1) is 12.8 Å². The van der Waals surface area contributed by atoms with Gasteiger partial charge in [-0.05, 0) is 42.2 Å². The minimum atomic E-state index is -0.116. The van der Waals surface area contributed by atoms with E-state index in [9.17, 15) is 4.79 Å². The first-order valence-corrected chi connectivity index (χ1v) is 8.33. The van der Waals surface area contributed by atoms with Gasteiger partial charge in [0.15, 0.2) is 0 Å². The van der Waals surface area contributed by atoms with Crippen LogP contribution < -0.4 is 10.1 Å². The van der Waals surface area contributed by atoms with Crippen molar-refractivity contribution in [2.45, 2.75) is 19.4 Å². The van der Waals surface area contributed by atoms with Gasteiger partial charge in [-0.25, -0.2) is 0 Å². The minimum Gasteiger partial charge on any atom is -0.497 e. The van der Waals surface area contributed by atoms with E-state index in [2.05, 4.69) is 15.5 Å². The molecule has 25 heavy (non-hydrogen) atoms. The summed E-state index contributed by atoms with van der Waals surface area (Å²) in [5.41, 5.74) is 5.76. The Bertz CT molecular complexity index is 916. The number of hydrogen-bond donors (Lipinski definition) is 2. The first-order chi connectivity index (χ1) is 12.3. The summed E-state index contributed by atoms with van der Waals surface area (Å²) in [5.74, 6) is 0.730. The number of hydrogen-bond acceptors (Lipinski definition) is 3. The van der Waals surface area contributed by atoms with Gasteiger partial charge in [-0.15, -0.1) is 0 Å². The zero-order chi connectivity index (χ0) is 17.2. The van der Waals surface area contributed by atoms with Gasteiger partial charge in [0, 0.05) is 17.7 Å². The Kier molecular flexibility index (Phi) is 3.98. The Morgan fingerprint density at radius 2 is 2.04 bits per heavy atom. The molecule has 2 N–H and O–H groups in total. The Balaban J connectivity index is 1.57. The van der Waals surface area contributed by atoms with Crippen molar-refractivity contribution in [3.05, 3.63) is 70.9 Å². The number of H-pyrrole nitrogens is 1. The van der Waals surface area contributed by atoms with E-state index in [1.807, 2.05) is 48.5 Å². The molecule has 5 nitrogen and oxygen atoms in total. The molecule has 2 aromatic carbocycles. The van der Waals surface area contributed by atoms with Gasteiger partial charge in [-0.2, -0.15) is 5.10 Å². The number of aromatic amines is 1. The molecule has 3 aromatic rings. The van der Waals surface area contributed by atoms with Gasteiger partial charge in [-0.3, -0.25) is 9.89 Å². The molecular formula is C20H19N3O2. The maximum absolute atomic E-state index is 12.6. The van der Waals surface area contributed by atoms with Crippen LogP contribution in [0.5, 0.6) is 5.75 Å². The largest absolute Gasteiger partial charge is 0.497 e. The van der Waals surface area contributed by atoms with E-state index in [0.29, 0.717) is 12.2 Å². The number of carbonyl (C=O) groups excluding carboxylic acids is 1. The molecule has 1 aliphatic rings. The van der Waals surface area contributed by atoms with Gasteiger partial charge in [0.1, 0.15) is 11.4 Å². The maximum Gasteiger partial charge on any atom is 0.269 e. The molecule has 1 aromatic heterocycles. The van der Waals surface area contributed by atoms with E-state index in [-0.39, 0.29) is 5.91 Å². The van der Waals surface area contributed by atoms with Crippen molar-refractivity contribution in [1.29, 1.82) is 0 Å². The molecule has 0 saturated carbocycles. The first kappa shape index (κ1) is 15.4. The highest BCUT2D eigenvalue weighted by atomic mass is 16.5. The topological polar surface area (TPSA) is 67.0 Å². The lowest BCUT2D eigenvalue weighted by Gasteiger charge is -2.17. The van der Waals surface area contributed by atoms with Crippen LogP contribution in [0.3, 0.4) is 0 Å². The summed E-state index contributed by atoms with van der Waals surface area (Å²) in [6, 6.07) is 15.9. The summed E-state index contributed by atoms with van der Waals surface area (Å²) in [7, 11) is 1.67. The van der Waals surface area contributed by atoms with Crippen molar-refractivity contribution < 1.29 is 9.53 Å². The number of aryl methyl sites for hydroxylation is 1. The fourth-order valence-corrected chi connectivity index (χ4v) is 3.28. The molecule has 0 radical (unpaired) electrons. The Morgan fingerprint density at radius 3 is 2.84 bits per heavy atom. The van der Waals surface area contributed by atoms with Crippen LogP contribution in [0.2, 0.25) is 0 Å². The number of carbonyl (C=O) groups is 1. The monoisotopic (exact) mass is 333 g/mol. The van der Waals surface area contributed by atoms with Gasteiger partial charge in [0.2, 0.25) is 0 Å². The van der Waals surface area contributed by atoms with Crippen LogP contribution in [0.15, 0.2) is 48.5 Å². The highest BCUT2D eigenvalue weighted by Crippen LogP contribution is 2.35. The van der Waals surface area contributed by atoms with Crippen molar-refractivity contribution >= 4 is 5.91 Å². The quantitative estimate of drug-likeness (QED) is 0.771. The van der Waals surface area contributed by atoms with Gasteiger partial charge in [0.25, 0.3) is 5.91 Å². The van der Waals surface area contributed by atoms with Crippen molar-refractivity contribution in [2.24, 2.45) is 0 Å². The van der Waals surface area contributed by atoms with Crippen LogP contribution >= 0.6 is 0 Å². The lowest BCUT2D eigenvalue weighted by atomic mass is 9.89. The molecule has 5 heteroatoms. The van der Waals surface area contributed by atoms with Crippen LogP contribution in [0.1, 0.15) is 27.2 Å². The Hall–Kier alpha value is -3.08. The molecule has 0 unspecified atom stereocenters. The summed E-state index contributed by atoms with van der Waals surface area (Å²) in [6.45, 7) is 0.501. The molecule has 0 bridgehead atoms. The molecule has 1 heterocycles. The maximum atomic E-state index is 12.6. The summed E-state index contributed by atoms with van der Waals surface area (Å²) < 4.78 is 5.29. The third kappa shape index (κ3) is 2.89. The third-order valence-corrected chi connectivity index (χ3v) is 4.60. The van der Waals surface area contributed by atoms with Crippen molar-refractivity contribution in [3.63, 3.8) is 0 Å². The predicted octanol–water partition coefficient (Wildman–Crippen LogP) is 3.11. The predicted molar refractivity (Wildman–Crippen MR) is 95.6 cm³/mol. The molecule has 4 rings (SSSR count). The van der Waals surface area contributed by atoms with E-state index < -0.39 is 0 Å². The number of aromatic nitrogens is 2. The van der Waals surface area contributed by atoms with Gasteiger partial charge < -0.3 is 10.1 Å². The Morgan fingerprint density at radius 1 is 1.20 bits per heavy atom. The summed E-state index contributed by atoms with van der Waals surface area (Å²) in [6.07, 6.45) is 1.66. The van der Waals surface area contributed by atoms with Crippen molar-refractivity contribution in [1.82, 2.24) is 15.5 Å². The highest BCUT2D eigenvalue weighted by molar-refractivity contribution is 5.96. The number of amides is 1. The average molecular weight is 333 g/mol. The standard InChI is InChI=1S/C20H19N3O2/c1-25-15-8-10-16-14(11-15)7-9-17-18(16)22-23-19(17)20(24)21-12-13-5-3-2-4-6-13/h2-6,8,10-11H,7,9,12H2,1H3,(H,21,24)(H,22,23). The summed E-state index contributed by atoms with van der Waals surface area (Å²) >= 11 is 0. The molecule has 0 atom stereocenters. The van der Waals surface area contributed by atoms with Crippen molar-refractivity contribution in [2.75, 3.05) is 7.11 Å². The SMILES string of the molecule is COc1ccc2c(c1)CCc1c-2n[nH]c1C(=O)NCc1ccccc1. The Labute approximate surface area is 146 Å². The molecule has 126 valence electrons. The molecule has 0 fully saturated rings. The van der Waals surface area contributed by atoms with E-state index in [1.54, 1.807) is 7.11 Å². The number of benzene rings is 2. The second-order valence-corrected chi connectivity index (χ2v) is 6.12.